The van der Waals surface area contributed by atoms with Crippen molar-refractivity contribution in [1.29, 1.82) is 0 Å². The van der Waals surface area contributed by atoms with Gasteiger partial charge in [-0.05, 0) is 35.4 Å². The van der Waals surface area contributed by atoms with Gasteiger partial charge in [0.2, 0.25) is 5.78 Å². The van der Waals surface area contributed by atoms with Crippen molar-refractivity contribution in [2.45, 2.75) is 25.6 Å². The lowest BCUT2D eigenvalue weighted by atomic mass is 10.0. The predicted octanol–water partition coefficient (Wildman–Crippen LogP) is 2.34. The maximum Gasteiger partial charge on any atom is 0.284 e. The van der Waals surface area contributed by atoms with Crippen LogP contribution in [0.2, 0.25) is 0 Å². The SMILES string of the molecule is NC(=O)C(=O)CC(NC(=O)c1cccnc1-n1ccc(CN2Cc3ccccc3C2=O)n1)c1ccccc1. The van der Waals surface area contributed by atoms with Crippen molar-refractivity contribution >= 4 is 23.5 Å². The molecule has 5 rings (SSSR count). The number of fused-ring (bicyclic) bond motifs is 1. The summed E-state index contributed by atoms with van der Waals surface area (Å²) in [6.07, 6.45) is 2.94. The van der Waals surface area contributed by atoms with Crippen LogP contribution in [0.4, 0.5) is 0 Å². The largest absolute Gasteiger partial charge is 0.363 e. The van der Waals surface area contributed by atoms with E-state index in [1.807, 2.05) is 24.3 Å². The standard InChI is InChI=1S/C28H24N6O4/c29-25(36)24(35)15-23(18-7-2-1-3-8-18)31-27(37)22-11-6-13-30-26(22)34-14-12-20(32-34)17-33-16-19-9-4-5-10-21(19)28(33)38/h1-14,23H,15-17H2,(H2,29,36)(H,31,37). The first-order valence-corrected chi connectivity index (χ1v) is 12.0. The number of nitrogens with one attached hydrogen (secondary N) is 1. The van der Waals surface area contributed by atoms with E-state index < -0.39 is 23.6 Å². The highest BCUT2D eigenvalue weighted by Crippen LogP contribution is 2.24. The summed E-state index contributed by atoms with van der Waals surface area (Å²) >= 11 is 0. The van der Waals surface area contributed by atoms with Gasteiger partial charge in [0.05, 0.1) is 23.8 Å². The minimum atomic E-state index is -1.06. The van der Waals surface area contributed by atoms with Crippen LogP contribution in [-0.4, -0.2) is 43.2 Å². The van der Waals surface area contributed by atoms with E-state index in [4.69, 9.17) is 5.73 Å². The number of hydrogen-bond acceptors (Lipinski definition) is 6. The Hall–Kier alpha value is -5.12. The first-order chi connectivity index (χ1) is 18.4. The third kappa shape index (κ3) is 5.05. The molecule has 38 heavy (non-hydrogen) atoms. The highest BCUT2D eigenvalue weighted by molar-refractivity contribution is 6.35. The monoisotopic (exact) mass is 508 g/mol. The zero-order valence-electron chi connectivity index (χ0n) is 20.3. The summed E-state index contributed by atoms with van der Waals surface area (Å²) in [6.45, 7) is 0.810. The molecule has 1 atom stereocenters. The Bertz CT molecular complexity index is 1530. The molecule has 10 nitrogen and oxygen atoms in total. The molecule has 1 aliphatic heterocycles. The smallest absolute Gasteiger partial charge is 0.284 e. The number of carbonyl (C=O) groups is 4. The second kappa shape index (κ2) is 10.5. The molecule has 0 bridgehead atoms. The van der Waals surface area contributed by atoms with Gasteiger partial charge in [0.15, 0.2) is 5.82 Å². The van der Waals surface area contributed by atoms with Gasteiger partial charge in [-0.25, -0.2) is 9.67 Å². The summed E-state index contributed by atoms with van der Waals surface area (Å²) in [5, 5.41) is 7.38. The molecule has 0 saturated carbocycles. The molecule has 0 aliphatic carbocycles. The van der Waals surface area contributed by atoms with Crippen molar-refractivity contribution < 1.29 is 19.2 Å². The highest BCUT2D eigenvalue weighted by Gasteiger charge is 2.28. The molecule has 3 heterocycles. The van der Waals surface area contributed by atoms with Crippen LogP contribution in [0.15, 0.2) is 85.2 Å². The normalized spacial score (nSPS) is 13.2. The Morgan fingerprint density at radius 2 is 1.74 bits per heavy atom. The third-order valence-corrected chi connectivity index (χ3v) is 6.31. The van der Waals surface area contributed by atoms with Crippen LogP contribution < -0.4 is 11.1 Å². The molecule has 1 aliphatic rings. The molecule has 2 aromatic heterocycles. The van der Waals surface area contributed by atoms with Crippen molar-refractivity contribution in [3.8, 4) is 5.82 Å². The predicted molar refractivity (Wildman–Crippen MR) is 137 cm³/mol. The average molecular weight is 509 g/mol. The van der Waals surface area contributed by atoms with Crippen molar-refractivity contribution in [3.05, 3.63) is 113 Å². The maximum absolute atomic E-state index is 13.4. The van der Waals surface area contributed by atoms with Crippen LogP contribution in [0.1, 0.15) is 50.0 Å². The van der Waals surface area contributed by atoms with Crippen molar-refractivity contribution in [3.63, 3.8) is 0 Å². The number of nitrogens with zero attached hydrogens (tertiary/aromatic N) is 4. The fourth-order valence-electron chi connectivity index (χ4n) is 4.42. The fourth-order valence-corrected chi connectivity index (χ4v) is 4.42. The number of amides is 3. The van der Waals surface area contributed by atoms with E-state index in [9.17, 15) is 19.2 Å². The van der Waals surface area contributed by atoms with E-state index in [2.05, 4.69) is 15.4 Å². The Morgan fingerprint density at radius 3 is 2.50 bits per heavy atom. The molecular formula is C28H24N6O4. The number of rotatable bonds is 9. The van der Waals surface area contributed by atoms with E-state index in [0.29, 0.717) is 29.9 Å². The van der Waals surface area contributed by atoms with Crippen LogP contribution in [0.5, 0.6) is 0 Å². The quantitative estimate of drug-likeness (QED) is 0.333. The van der Waals surface area contributed by atoms with Gasteiger partial charge in [-0.1, -0.05) is 48.5 Å². The number of benzene rings is 2. The van der Waals surface area contributed by atoms with E-state index in [1.165, 1.54) is 4.68 Å². The molecule has 1 unspecified atom stereocenters. The second-order valence-corrected chi connectivity index (χ2v) is 8.87. The van der Waals surface area contributed by atoms with Gasteiger partial charge < -0.3 is 16.0 Å². The van der Waals surface area contributed by atoms with Crippen molar-refractivity contribution in [2.75, 3.05) is 0 Å². The van der Waals surface area contributed by atoms with Crippen molar-refractivity contribution in [1.82, 2.24) is 25.0 Å². The van der Waals surface area contributed by atoms with E-state index in [1.54, 1.807) is 65.8 Å². The number of ketones is 1. The van der Waals surface area contributed by atoms with E-state index >= 15 is 0 Å². The number of hydrogen-bond donors (Lipinski definition) is 2. The number of carbonyl (C=O) groups excluding carboxylic acids is 4. The summed E-state index contributed by atoms with van der Waals surface area (Å²) < 4.78 is 1.48. The van der Waals surface area contributed by atoms with Crippen LogP contribution >= 0.6 is 0 Å². The molecule has 3 N–H and O–H groups in total. The molecular weight excluding hydrogens is 484 g/mol. The van der Waals surface area contributed by atoms with Gasteiger partial charge in [0.25, 0.3) is 17.7 Å². The molecule has 0 fully saturated rings. The topological polar surface area (TPSA) is 140 Å². The molecule has 190 valence electrons. The van der Waals surface area contributed by atoms with Gasteiger partial charge in [-0.15, -0.1) is 0 Å². The number of nitrogens with two attached hydrogens (primary N) is 1. The second-order valence-electron chi connectivity index (χ2n) is 8.87. The Balaban J connectivity index is 1.36. The van der Waals surface area contributed by atoms with Gasteiger partial charge in [-0.3, -0.25) is 19.2 Å². The molecule has 0 saturated heterocycles. The molecule has 0 radical (unpaired) electrons. The van der Waals surface area contributed by atoms with Gasteiger partial charge in [0.1, 0.15) is 0 Å². The van der Waals surface area contributed by atoms with Gasteiger partial charge >= 0.3 is 0 Å². The lowest BCUT2D eigenvalue weighted by Gasteiger charge is -2.19. The molecule has 4 aromatic rings. The fraction of sp³-hybridized carbons (Fsp3) is 0.143. The average Bonchev–Trinajstić information content (AvgIpc) is 3.53. The zero-order valence-corrected chi connectivity index (χ0v) is 20.3. The molecule has 10 heteroatoms. The van der Waals surface area contributed by atoms with Gasteiger partial charge in [0, 0.05) is 30.9 Å². The van der Waals surface area contributed by atoms with Crippen LogP contribution in [0.25, 0.3) is 5.82 Å². The summed E-state index contributed by atoms with van der Waals surface area (Å²) in [7, 11) is 0. The number of Topliss-reactive ketones (excluding diaryl/α,β-unsaturated/α-hetero) is 1. The Morgan fingerprint density at radius 1 is 0.974 bits per heavy atom. The minimum absolute atomic E-state index is 0.0504. The highest BCUT2D eigenvalue weighted by atomic mass is 16.2. The van der Waals surface area contributed by atoms with Gasteiger partial charge in [-0.2, -0.15) is 5.10 Å². The summed E-state index contributed by atoms with van der Waals surface area (Å²) in [4.78, 5) is 55.6. The van der Waals surface area contributed by atoms with E-state index in [0.717, 1.165) is 5.56 Å². The number of pyridine rings is 1. The lowest BCUT2D eigenvalue weighted by molar-refractivity contribution is -0.136. The lowest BCUT2D eigenvalue weighted by Crippen LogP contribution is -2.34. The number of aromatic nitrogens is 3. The molecule has 3 amide bonds. The Labute approximate surface area is 218 Å². The van der Waals surface area contributed by atoms with Crippen LogP contribution in [0.3, 0.4) is 0 Å². The minimum Gasteiger partial charge on any atom is -0.363 e. The summed E-state index contributed by atoms with van der Waals surface area (Å²) in [6, 6.07) is 20.6. The van der Waals surface area contributed by atoms with Crippen molar-refractivity contribution in [2.24, 2.45) is 5.73 Å². The summed E-state index contributed by atoms with van der Waals surface area (Å²) in [5.74, 6) is -2.13. The third-order valence-electron chi connectivity index (χ3n) is 6.31. The molecule has 0 spiro atoms. The summed E-state index contributed by atoms with van der Waals surface area (Å²) in [5.41, 5.74) is 8.33. The van der Waals surface area contributed by atoms with Crippen LogP contribution in [0, 0.1) is 0 Å². The molecule has 2 aromatic carbocycles. The Kier molecular flexibility index (Phi) is 6.77. The number of primary amides is 1. The first-order valence-electron chi connectivity index (χ1n) is 12.0. The van der Waals surface area contributed by atoms with Crippen LogP contribution in [-0.2, 0) is 22.7 Å². The van der Waals surface area contributed by atoms with E-state index in [-0.39, 0.29) is 23.7 Å². The zero-order chi connectivity index (χ0) is 26.6. The maximum atomic E-state index is 13.4. The first kappa shape index (κ1) is 24.6.